The van der Waals surface area contributed by atoms with Gasteiger partial charge in [-0.05, 0) is 37.2 Å². The molecule has 3 rings (SSSR count). The van der Waals surface area contributed by atoms with Crippen LogP contribution in [0, 0.1) is 5.92 Å². The van der Waals surface area contributed by atoms with Crippen molar-refractivity contribution in [2.45, 2.75) is 52.0 Å². The molecule has 0 radical (unpaired) electrons. The van der Waals surface area contributed by atoms with Crippen molar-refractivity contribution in [2.75, 3.05) is 0 Å². The molecule has 3 nitrogen and oxygen atoms in total. The van der Waals surface area contributed by atoms with Gasteiger partial charge in [-0.15, -0.1) is 0 Å². The number of imidazole rings is 1. The Kier molecular flexibility index (Phi) is 4.71. The third-order valence-electron chi connectivity index (χ3n) is 4.38. The molecule has 1 fully saturated rings. The molecule has 3 heteroatoms. The lowest BCUT2D eigenvalue weighted by Gasteiger charge is -2.25. The van der Waals surface area contributed by atoms with Crippen LogP contribution in [-0.4, -0.2) is 10.7 Å². The summed E-state index contributed by atoms with van der Waals surface area (Å²) >= 11 is 0. The first-order valence-electron chi connectivity index (χ1n) is 8.00. The topological polar surface area (TPSA) is 18.0 Å². The summed E-state index contributed by atoms with van der Waals surface area (Å²) in [5.74, 6) is 0.879. The normalized spacial score (nSPS) is 22.3. The Morgan fingerprint density at radius 2 is 1.90 bits per heavy atom. The van der Waals surface area contributed by atoms with E-state index < -0.39 is 0 Å². The van der Waals surface area contributed by atoms with Crippen LogP contribution in [0.3, 0.4) is 0 Å². The molecule has 1 aliphatic rings. The van der Waals surface area contributed by atoms with Gasteiger partial charge >= 0.3 is 0 Å². The predicted octanol–water partition coefficient (Wildman–Crippen LogP) is 3.38. The van der Waals surface area contributed by atoms with E-state index in [1.807, 2.05) is 0 Å². The summed E-state index contributed by atoms with van der Waals surface area (Å²) in [5.41, 5.74) is 1.32. The molecule has 21 heavy (non-hydrogen) atoms. The van der Waals surface area contributed by atoms with Crippen LogP contribution in [0.1, 0.15) is 38.2 Å². The summed E-state index contributed by atoms with van der Waals surface area (Å²) in [6.45, 7) is 3.92. The first-order valence-corrected chi connectivity index (χ1v) is 8.00. The highest BCUT2D eigenvalue weighted by atomic mass is 16.5. The van der Waals surface area contributed by atoms with E-state index in [-0.39, 0.29) is 0 Å². The number of ether oxygens (including phenoxy) is 1. The van der Waals surface area contributed by atoms with Crippen molar-refractivity contribution in [2.24, 2.45) is 5.92 Å². The van der Waals surface area contributed by atoms with E-state index in [2.05, 4.69) is 65.1 Å². The fourth-order valence-corrected chi connectivity index (χ4v) is 2.99. The number of rotatable bonds is 5. The van der Waals surface area contributed by atoms with Crippen molar-refractivity contribution in [1.82, 2.24) is 4.57 Å². The molecule has 1 heterocycles. The lowest BCUT2D eigenvalue weighted by Crippen LogP contribution is -2.31. The van der Waals surface area contributed by atoms with Crippen LogP contribution < -0.4 is 4.57 Å². The molecule has 1 saturated carbocycles. The highest BCUT2D eigenvalue weighted by Crippen LogP contribution is 2.25. The second-order valence-corrected chi connectivity index (χ2v) is 6.26. The van der Waals surface area contributed by atoms with E-state index in [9.17, 15) is 0 Å². The van der Waals surface area contributed by atoms with Crippen LogP contribution >= 0.6 is 0 Å². The van der Waals surface area contributed by atoms with Gasteiger partial charge in [0.15, 0.2) is 6.73 Å². The molecule has 0 atom stereocenters. The summed E-state index contributed by atoms with van der Waals surface area (Å²) in [5, 5.41) is 0. The van der Waals surface area contributed by atoms with Crippen LogP contribution in [0.5, 0.6) is 0 Å². The monoisotopic (exact) mass is 285 g/mol. The van der Waals surface area contributed by atoms with Crippen molar-refractivity contribution >= 4 is 0 Å². The fraction of sp³-hybridized carbons (Fsp3) is 0.500. The molecule has 1 aliphatic carbocycles. The first kappa shape index (κ1) is 14.3. The molecule has 0 saturated heterocycles. The Morgan fingerprint density at radius 3 is 2.67 bits per heavy atom. The van der Waals surface area contributed by atoms with Gasteiger partial charge in [0.25, 0.3) is 0 Å². The zero-order valence-electron chi connectivity index (χ0n) is 12.8. The number of aromatic nitrogens is 2. The summed E-state index contributed by atoms with van der Waals surface area (Å²) in [6.07, 6.45) is 11.8. The molecule has 1 aromatic carbocycles. The van der Waals surface area contributed by atoms with Crippen molar-refractivity contribution in [3.8, 4) is 0 Å². The van der Waals surface area contributed by atoms with Crippen LogP contribution in [0.25, 0.3) is 0 Å². The number of hydrogen-bond donors (Lipinski definition) is 0. The summed E-state index contributed by atoms with van der Waals surface area (Å²) in [7, 11) is 0. The van der Waals surface area contributed by atoms with Crippen molar-refractivity contribution in [1.29, 1.82) is 0 Å². The van der Waals surface area contributed by atoms with E-state index in [4.69, 9.17) is 4.74 Å². The molecule has 0 aliphatic heterocycles. The SMILES string of the molecule is CC1CCC(OCn2cc[n+](Cc3ccccc3)c2)CC1. The van der Waals surface area contributed by atoms with E-state index in [1.165, 1.54) is 31.2 Å². The quantitative estimate of drug-likeness (QED) is 0.770. The molecule has 0 bridgehead atoms. The lowest BCUT2D eigenvalue weighted by atomic mass is 9.89. The van der Waals surface area contributed by atoms with E-state index in [0.717, 1.165) is 12.5 Å². The molecule has 0 spiro atoms. The van der Waals surface area contributed by atoms with Crippen LogP contribution in [0.2, 0.25) is 0 Å². The maximum absolute atomic E-state index is 6.03. The van der Waals surface area contributed by atoms with Crippen molar-refractivity contribution in [3.05, 3.63) is 54.6 Å². The average molecular weight is 285 g/mol. The van der Waals surface area contributed by atoms with Gasteiger partial charge in [-0.3, -0.25) is 0 Å². The highest BCUT2D eigenvalue weighted by molar-refractivity contribution is 5.13. The highest BCUT2D eigenvalue weighted by Gasteiger charge is 2.19. The van der Waals surface area contributed by atoms with Gasteiger partial charge in [-0.1, -0.05) is 37.3 Å². The van der Waals surface area contributed by atoms with Gasteiger partial charge in [-0.25, -0.2) is 9.13 Å². The van der Waals surface area contributed by atoms with Gasteiger partial charge in [0.2, 0.25) is 6.33 Å². The molecule has 0 N–H and O–H groups in total. The molecule has 1 aromatic heterocycles. The zero-order valence-corrected chi connectivity index (χ0v) is 12.8. The number of nitrogens with zero attached hydrogens (tertiary/aromatic N) is 2. The van der Waals surface area contributed by atoms with E-state index >= 15 is 0 Å². The van der Waals surface area contributed by atoms with Gasteiger partial charge in [0.1, 0.15) is 18.9 Å². The molecule has 0 amide bonds. The molecule has 112 valence electrons. The van der Waals surface area contributed by atoms with Gasteiger partial charge in [-0.2, -0.15) is 0 Å². The van der Waals surface area contributed by atoms with Gasteiger partial charge in [0, 0.05) is 0 Å². The lowest BCUT2D eigenvalue weighted by molar-refractivity contribution is -0.688. The Balaban J connectivity index is 1.49. The largest absolute Gasteiger partial charge is 0.338 e. The second-order valence-electron chi connectivity index (χ2n) is 6.26. The summed E-state index contributed by atoms with van der Waals surface area (Å²) < 4.78 is 10.4. The summed E-state index contributed by atoms with van der Waals surface area (Å²) in [6, 6.07) is 10.5. The first-order chi connectivity index (χ1) is 10.3. The fourth-order valence-electron chi connectivity index (χ4n) is 2.99. The molecular formula is C18H25N2O+. The Labute approximate surface area is 127 Å². The smallest absolute Gasteiger partial charge is 0.245 e. The number of benzene rings is 1. The maximum atomic E-state index is 6.03. The van der Waals surface area contributed by atoms with Crippen molar-refractivity contribution < 1.29 is 9.30 Å². The number of hydrogen-bond acceptors (Lipinski definition) is 1. The van der Waals surface area contributed by atoms with E-state index in [1.54, 1.807) is 0 Å². The third kappa shape index (κ3) is 4.18. The Morgan fingerprint density at radius 1 is 1.14 bits per heavy atom. The minimum atomic E-state index is 0.450. The standard InChI is InChI=1S/C18H25N2O/c1-16-7-9-18(10-8-16)21-15-20-12-11-19(14-20)13-17-5-3-2-4-6-17/h2-6,11-12,14,16,18H,7-10,13,15H2,1H3/q+1. The molecule has 2 aromatic rings. The Hall–Kier alpha value is -1.61. The summed E-state index contributed by atoms with van der Waals surface area (Å²) in [4.78, 5) is 0. The van der Waals surface area contributed by atoms with Crippen LogP contribution in [0.4, 0.5) is 0 Å². The van der Waals surface area contributed by atoms with Crippen LogP contribution in [0.15, 0.2) is 49.1 Å². The predicted molar refractivity (Wildman–Crippen MR) is 82.7 cm³/mol. The maximum Gasteiger partial charge on any atom is 0.245 e. The van der Waals surface area contributed by atoms with E-state index in [0.29, 0.717) is 12.8 Å². The van der Waals surface area contributed by atoms with Crippen molar-refractivity contribution in [3.63, 3.8) is 0 Å². The average Bonchev–Trinajstić information content (AvgIpc) is 2.95. The molecule has 0 unspecified atom stereocenters. The molecular weight excluding hydrogens is 260 g/mol. The minimum absolute atomic E-state index is 0.450. The zero-order chi connectivity index (χ0) is 14.5. The second kappa shape index (κ2) is 6.90. The van der Waals surface area contributed by atoms with Gasteiger partial charge < -0.3 is 4.74 Å². The van der Waals surface area contributed by atoms with Gasteiger partial charge in [0.05, 0.1) is 6.10 Å². The van der Waals surface area contributed by atoms with Crippen LogP contribution in [-0.2, 0) is 18.0 Å². The Bertz CT molecular complexity index is 541. The minimum Gasteiger partial charge on any atom is -0.338 e. The third-order valence-corrected chi connectivity index (χ3v) is 4.38.